The molecule has 0 heterocycles. The summed E-state index contributed by atoms with van der Waals surface area (Å²) in [5.74, 6) is 0.490. The van der Waals surface area contributed by atoms with Crippen LogP contribution in [0.5, 0.6) is 0 Å². The van der Waals surface area contributed by atoms with Crippen molar-refractivity contribution in [3.05, 3.63) is 35.4 Å². The van der Waals surface area contributed by atoms with Crippen molar-refractivity contribution in [2.24, 2.45) is 5.73 Å². The normalized spacial score (nSPS) is 16.9. The lowest BCUT2D eigenvalue weighted by Gasteiger charge is -2.11. The highest BCUT2D eigenvalue weighted by Crippen LogP contribution is 2.40. The second-order valence-corrected chi connectivity index (χ2v) is 4.33. The Hall–Kier alpha value is -1.35. The molecule has 3 nitrogen and oxygen atoms in total. The van der Waals surface area contributed by atoms with E-state index in [9.17, 15) is 4.79 Å². The van der Waals surface area contributed by atoms with Gasteiger partial charge in [-0.3, -0.25) is 4.79 Å². The van der Waals surface area contributed by atoms with Crippen LogP contribution in [0.4, 0.5) is 0 Å². The second-order valence-electron chi connectivity index (χ2n) is 4.33. The van der Waals surface area contributed by atoms with E-state index in [1.807, 2.05) is 12.1 Å². The summed E-state index contributed by atoms with van der Waals surface area (Å²) in [5.41, 5.74) is 8.29. The zero-order valence-electron chi connectivity index (χ0n) is 9.48. The number of ether oxygens (including phenoxy) is 1. The average Bonchev–Trinajstić information content (AvgIpc) is 3.13. The van der Waals surface area contributed by atoms with Crippen LogP contribution in [0.3, 0.4) is 0 Å². The highest BCUT2D eigenvalue weighted by molar-refractivity contribution is 5.70. The zero-order chi connectivity index (χ0) is 11.5. The third kappa shape index (κ3) is 2.61. The molecule has 0 spiro atoms. The van der Waals surface area contributed by atoms with Gasteiger partial charge in [-0.15, -0.1) is 0 Å². The molecule has 1 aliphatic rings. The minimum absolute atomic E-state index is 0.235. The van der Waals surface area contributed by atoms with E-state index in [-0.39, 0.29) is 18.4 Å². The highest BCUT2D eigenvalue weighted by Gasteiger charge is 2.23. The molecule has 0 bridgehead atoms. The summed E-state index contributed by atoms with van der Waals surface area (Å²) < 4.78 is 4.60. The van der Waals surface area contributed by atoms with Gasteiger partial charge < -0.3 is 10.5 Å². The largest absolute Gasteiger partial charge is 0.469 e. The fourth-order valence-corrected chi connectivity index (χ4v) is 1.81. The van der Waals surface area contributed by atoms with Gasteiger partial charge in [0.1, 0.15) is 0 Å². The first kappa shape index (κ1) is 11.1. The van der Waals surface area contributed by atoms with Crippen LogP contribution in [-0.4, -0.2) is 13.1 Å². The van der Waals surface area contributed by atoms with E-state index in [2.05, 4.69) is 16.9 Å². The Morgan fingerprint density at radius 2 is 2.06 bits per heavy atom. The summed E-state index contributed by atoms with van der Waals surface area (Å²) in [7, 11) is 1.38. The summed E-state index contributed by atoms with van der Waals surface area (Å²) in [5, 5.41) is 0. The number of esters is 1. The molecule has 1 aromatic carbocycles. The molecule has 1 fully saturated rings. The van der Waals surface area contributed by atoms with Crippen molar-refractivity contribution in [1.29, 1.82) is 0 Å². The lowest BCUT2D eigenvalue weighted by Crippen LogP contribution is -2.16. The summed E-state index contributed by atoms with van der Waals surface area (Å²) in [4.78, 5) is 11.1. The minimum atomic E-state index is -0.265. The van der Waals surface area contributed by atoms with Crippen LogP contribution in [0.15, 0.2) is 24.3 Å². The average molecular weight is 219 g/mol. The maximum atomic E-state index is 11.1. The third-order valence-corrected chi connectivity index (χ3v) is 3.03. The molecule has 16 heavy (non-hydrogen) atoms. The first-order valence-corrected chi connectivity index (χ1v) is 5.63. The van der Waals surface area contributed by atoms with E-state index < -0.39 is 0 Å². The Morgan fingerprint density at radius 3 is 2.56 bits per heavy atom. The summed E-state index contributed by atoms with van der Waals surface area (Å²) in [6.07, 6.45) is 2.83. The Morgan fingerprint density at radius 1 is 1.44 bits per heavy atom. The van der Waals surface area contributed by atoms with Crippen LogP contribution in [0, 0.1) is 0 Å². The van der Waals surface area contributed by atoms with Gasteiger partial charge in [-0.25, -0.2) is 0 Å². The molecule has 1 aliphatic carbocycles. The maximum absolute atomic E-state index is 11.1. The fourth-order valence-electron chi connectivity index (χ4n) is 1.81. The van der Waals surface area contributed by atoms with Gasteiger partial charge in [0.15, 0.2) is 0 Å². The molecule has 3 heteroatoms. The lowest BCUT2D eigenvalue weighted by molar-refractivity contribution is -0.141. The first-order valence-electron chi connectivity index (χ1n) is 5.63. The molecule has 0 aliphatic heterocycles. The molecule has 0 saturated heterocycles. The fraction of sp³-hybridized carbons (Fsp3) is 0.462. The van der Waals surface area contributed by atoms with Crippen molar-refractivity contribution in [3.63, 3.8) is 0 Å². The van der Waals surface area contributed by atoms with Gasteiger partial charge in [0.05, 0.1) is 13.5 Å². The number of carbonyl (C=O) groups excluding carboxylic acids is 1. The third-order valence-electron chi connectivity index (χ3n) is 3.03. The number of nitrogens with two attached hydrogens (primary N) is 1. The van der Waals surface area contributed by atoms with Gasteiger partial charge in [-0.1, -0.05) is 24.3 Å². The van der Waals surface area contributed by atoms with Crippen molar-refractivity contribution in [3.8, 4) is 0 Å². The van der Waals surface area contributed by atoms with Crippen molar-refractivity contribution in [2.75, 3.05) is 7.11 Å². The lowest BCUT2D eigenvalue weighted by atomic mass is 10.0. The smallest absolute Gasteiger partial charge is 0.307 e. The quantitative estimate of drug-likeness (QED) is 0.789. The van der Waals surface area contributed by atoms with Gasteiger partial charge in [-0.05, 0) is 29.9 Å². The standard InChI is InChI=1S/C13H17NO2/c1-16-13(15)8-12(14)11-6-4-10(5-7-11)9-2-3-9/h4-7,9,12H,2-3,8,14H2,1H3/t12-/m1/s1. The summed E-state index contributed by atoms with van der Waals surface area (Å²) in [6, 6.07) is 8.00. The Labute approximate surface area is 95.6 Å². The van der Waals surface area contributed by atoms with Crippen LogP contribution >= 0.6 is 0 Å². The van der Waals surface area contributed by atoms with Gasteiger partial charge in [0.2, 0.25) is 0 Å². The maximum Gasteiger partial charge on any atom is 0.307 e. The first-order chi connectivity index (χ1) is 7.70. The SMILES string of the molecule is COC(=O)C[C@@H](N)c1ccc(C2CC2)cc1. The van der Waals surface area contributed by atoms with Crippen molar-refractivity contribution >= 4 is 5.97 Å². The van der Waals surface area contributed by atoms with Crippen molar-refractivity contribution in [2.45, 2.75) is 31.2 Å². The zero-order valence-corrected chi connectivity index (χ0v) is 9.48. The number of hydrogen-bond acceptors (Lipinski definition) is 3. The summed E-state index contributed by atoms with van der Waals surface area (Å²) >= 11 is 0. The number of hydrogen-bond donors (Lipinski definition) is 1. The number of rotatable bonds is 4. The molecular weight excluding hydrogens is 202 g/mol. The second kappa shape index (κ2) is 4.66. The molecule has 1 aromatic rings. The Balaban J connectivity index is 1.99. The number of benzene rings is 1. The Kier molecular flexibility index (Phi) is 3.25. The topological polar surface area (TPSA) is 52.3 Å². The predicted molar refractivity (Wildman–Crippen MR) is 62.0 cm³/mol. The van der Waals surface area contributed by atoms with E-state index in [1.165, 1.54) is 25.5 Å². The van der Waals surface area contributed by atoms with E-state index in [4.69, 9.17) is 5.73 Å². The van der Waals surface area contributed by atoms with Crippen LogP contribution < -0.4 is 5.73 Å². The van der Waals surface area contributed by atoms with E-state index in [1.54, 1.807) is 0 Å². The van der Waals surface area contributed by atoms with Crippen LogP contribution in [0.2, 0.25) is 0 Å². The molecule has 0 radical (unpaired) electrons. The van der Waals surface area contributed by atoms with E-state index >= 15 is 0 Å². The van der Waals surface area contributed by atoms with Crippen molar-refractivity contribution < 1.29 is 9.53 Å². The number of methoxy groups -OCH3 is 1. The highest BCUT2D eigenvalue weighted by atomic mass is 16.5. The number of carbonyl (C=O) groups is 1. The molecule has 1 saturated carbocycles. The van der Waals surface area contributed by atoms with E-state index in [0.717, 1.165) is 11.5 Å². The van der Waals surface area contributed by atoms with Crippen LogP contribution in [0.25, 0.3) is 0 Å². The molecule has 1 atom stereocenters. The molecule has 2 rings (SSSR count). The van der Waals surface area contributed by atoms with Crippen LogP contribution in [0.1, 0.15) is 42.3 Å². The summed E-state index contributed by atoms with van der Waals surface area (Å²) in [6.45, 7) is 0. The van der Waals surface area contributed by atoms with Gasteiger partial charge >= 0.3 is 5.97 Å². The molecular formula is C13H17NO2. The molecule has 86 valence electrons. The molecule has 0 unspecified atom stereocenters. The van der Waals surface area contributed by atoms with Crippen LogP contribution in [-0.2, 0) is 9.53 Å². The molecule has 0 aromatic heterocycles. The minimum Gasteiger partial charge on any atom is -0.469 e. The monoisotopic (exact) mass is 219 g/mol. The van der Waals surface area contributed by atoms with Gasteiger partial charge in [-0.2, -0.15) is 0 Å². The molecule has 0 amide bonds. The van der Waals surface area contributed by atoms with E-state index in [0.29, 0.717) is 0 Å². The molecule has 2 N–H and O–H groups in total. The Bertz CT molecular complexity index is 368. The van der Waals surface area contributed by atoms with Crippen molar-refractivity contribution in [1.82, 2.24) is 0 Å². The van der Waals surface area contributed by atoms with Gasteiger partial charge in [0, 0.05) is 6.04 Å². The van der Waals surface area contributed by atoms with Gasteiger partial charge in [0.25, 0.3) is 0 Å². The predicted octanol–water partition coefficient (Wildman–Crippen LogP) is 2.13.